The smallest absolute Gasteiger partial charge is 0.250 e. The maximum atomic E-state index is 11.2. The second kappa shape index (κ2) is 4.15. The van der Waals surface area contributed by atoms with Gasteiger partial charge in [0.2, 0.25) is 0 Å². The van der Waals surface area contributed by atoms with Crippen LogP contribution in [0.5, 0.6) is 0 Å². The minimum absolute atomic E-state index is 0.329. The van der Waals surface area contributed by atoms with Crippen molar-refractivity contribution in [1.29, 1.82) is 0 Å². The molecule has 0 atom stereocenters. The number of para-hydroxylation sites is 1. The van der Waals surface area contributed by atoms with Gasteiger partial charge in [-0.1, -0.05) is 33.8 Å². The number of carbonyl (C=O) groups is 1. The highest BCUT2D eigenvalue weighted by atomic mass is 16.1. The maximum Gasteiger partial charge on any atom is 0.250 e. The Balaban J connectivity index is 2.10. The third-order valence-corrected chi connectivity index (χ3v) is 5.19. The van der Waals surface area contributed by atoms with E-state index in [0.717, 1.165) is 12.2 Å². The van der Waals surface area contributed by atoms with Gasteiger partial charge in [-0.25, -0.2) is 0 Å². The Morgan fingerprint density at radius 3 is 2.32 bits per heavy atom. The zero-order chi connectivity index (χ0) is 14.4. The van der Waals surface area contributed by atoms with E-state index >= 15 is 0 Å². The Kier molecular flexibility index (Phi) is 3.00. The molecule has 5 N–H and O–H groups in total. The average Bonchev–Trinajstić information content (AvgIpc) is 2.68. The Morgan fingerprint density at radius 2 is 1.84 bits per heavy atom. The van der Waals surface area contributed by atoms with Gasteiger partial charge in [-0.15, -0.1) is 0 Å². The summed E-state index contributed by atoms with van der Waals surface area (Å²) in [7, 11) is 0. The van der Waals surface area contributed by atoms with Crippen LogP contribution in [0.25, 0.3) is 0 Å². The Morgan fingerprint density at radius 1 is 1.26 bits per heavy atom. The van der Waals surface area contributed by atoms with Crippen molar-refractivity contribution in [1.82, 2.24) is 0 Å². The number of nitrogens with one attached hydrogen (secondary N) is 1. The minimum Gasteiger partial charge on any atom is -0.396 e. The van der Waals surface area contributed by atoms with Gasteiger partial charge < -0.3 is 16.8 Å². The largest absolute Gasteiger partial charge is 0.396 e. The van der Waals surface area contributed by atoms with Gasteiger partial charge in [0.25, 0.3) is 5.91 Å². The molecule has 1 aromatic carbocycles. The molecular weight excluding hydrogens is 238 g/mol. The summed E-state index contributed by atoms with van der Waals surface area (Å²) in [4.78, 5) is 11.2. The van der Waals surface area contributed by atoms with Crippen LogP contribution in [-0.4, -0.2) is 12.5 Å². The van der Waals surface area contributed by atoms with Crippen LogP contribution in [0, 0.1) is 16.7 Å². The number of hydrogen-bond donors (Lipinski definition) is 3. The van der Waals surface area contributed by atoms with Crippen LogP contribution in [0.15, 0.2) is 18.2 Å². The lowest BCUT2D eigenvalue weighted by Gasteiger charge is -2.12. The van der Waals surface area contributed by atoms with Gasteiger partial charge in [-0.05, 0) is 28.9 Å². The van der Waals surface area contributed by atoms with Crippen LogP contribution in [-0.2, 0) is 0 Å². The van der Waals surface area contributed by atoms with Crippen molar-refractivity contribution in [2.45, 2.75) is 27.7 Å². The molecule has 4 nitrogen and oxygen atoms in total. The standard InChI is InChI=1S/C15H23N3O/c1-14(2)11(15(14,3)4)8-18-10-7-5-6-9(12(10)16)13(17)19/h5-7,11,18H,8,16H2,1-4H3,(H2,17,19). The molecule has 104 valence electrons. The topological polar surface area (TPSA) is 81.1 Å². The first-order valence-electron chi connectivity index (χ1n) is 6.61. The molecule has 0 saturated heterocycles. The summed E-state index contributed by atoms with van der Waals surface area (Å²) in [6.07, 6.45) is 0. The van der Waals surface area contributed by atoms with Crippen molar-refractivity contribution in [3.8, 4) is 0 Å². The van der Waals surface area contributed by atoms with Crippen molar-refractivity contribution >= 4 is 17.3 Å². The number of amides is 1. The average molecular weight is 261 g/mol. The van der Waals surface area contributed by atoms with Gasteiger partial charge >= 0.3 is 0 Å². The van der Waals surface area contributed by atoms with Gasteiger partial charge in [0.1, 0.15) is 0 Å². The van der Waals surface area contributed by atoms with Crippen LogP contribution in [0.1, 0.15) is 38.1 Å². The third kappa shape index (κ3) is 2.05. The first-order valence-corrected chi connectivity index (χ1v) is 6.61. The Hall–Kier alpha value is -1.71. The Labute approximate surface area is 114 Å². The summed E-state index contributed by atoms with van der Waals surface area (Å²) in [5.41, 5.74) is 13.5. The summed E-state index contributed by atoms with van der Waals surface area (Å²) >= 11 is 0. The molecule has 4 heteroatoms. The van der Waals surface area contributed by atoms with Gasteiger partial charge in [-0.3, -0.25) is 4.79 Å². The molecule has 0 aromatic heterocycles. The van der Waals surface area contributed by atoms with Gasteiger partial charge in [-0.2, -0.15) is 0 Å². The van der Waals surface area contributed by atoms with Crippen LogP contribution in [0.2, 0.25) is 0 Å². The summed E-state index contributed by atoms with van der Waals surface area (Å²) < 4.78 is 0. The van der Waals surface area contributed by atoms with Crippen molar-refractivity contribution in [3.63, 3.8) is 0 Å². The van der Waals surface area contributed by atoms with Crippen LogP contribution in [0.3, 0.4) is 0 Å². The van der Waals surface area contributed by atoms with Gasteiger partial charge in [0, 0.05) is 6.54 Å². The fourth-order valence-corrected chi connectivity index (χ4v) is 2.99. The van der Waals surface area contributed by atoms with Crippen LogP contribution in [0.4, 0.5) is 11.4 Å². The molecule has 0 bridgehead atoms. The first-order chi connectivity index (χ1) is 8.69. The highest BCUT2D eigenvalue weighted by Gasteiger charge is 2.64. The highest BCUT2D eigenvalue weighted by molar-refractivity contribution is 6.00. The van der Waals surface area contributed by atoms with Crippen LogP contribution < -0.4 is 16.8 Å². The first kappa shape index (κ1) is 13.7. The molecule has 0 aliphatic heterocycles. The predicted molar refractivity (Wildman–Crippen MR) is 78.9 cm³/mol. The molecule has 1 amide bonds. The number of carbonyl (C=O) groups excluding carboxylic acids is 1. The minimum atomic E-state index is -0.492. The molecule has 1 fully saturated rings. The van der Waals surface area contributed by atoms with E-state index in [0.29, 0.717) is 28.0 Å². The lowest BCUT2D eigenvalue weighted by atomic mass is 10.0. The summed E-state index contributed by atoms with van der Waals surface area (Å²) in [6.45, 7) is 9.97. The molecule has 0 spiro atoms. The van der Waals surface area contributed by atoms with E-state index in [1.54, 1.807) is 12.1 Å². The van der Waals surface area contributed by atoms with E-state index in [1.807, 2.05) is 6.07 Å². The maximum absolute atomic E-state index is 11.2. The van der Waals surface area contributed by atoms with E-state index in [1.165, 1.54) is 0 Å². The second-order valence-electron chi connectivity index (χ2n) is 6.51. The normalized spacial score (nSPS) is 20.0. The third-order valence-electron chi connectivity index (χ3n) is 5.19. The number of primary amides is 1. The molecule has 1 aliphatic rings. The number of benzene rings is 1. The van der Waals surface area contributed by atoms with E-state index in [-0.39, 0.29) is 0 Å². The number of nitrogens with two attached hydrogens (primary N) is 2. The fraction of sp³-hybridized carbons (Fsp3) is 0.533. The second-order valence-corrected chi connectivity index (χ2v) is 6.51. The lowest BCUT2D eigenvalue weighted by molar-refractivity contribution is 0.100. The number of rotatable bonds is 4. The molecule has 0 unspecified atom stereocenters. The molecule has 1 aliphatic carbocycles. The van der Waals surface area contributed by atoms with Crippen molar-refractivity contribution in [2.24, 2.45) is 22.5 Å². The van der Waals surface area contributed by atoms with E-state index < -0.39 is 5.91 Å². The molecule has 19 heavy (non-hydrogen) atoms. The van der Waals surface area contributed by atoms with E-state index in [9.17, 15) is 4.79 Å². The zero-order valence-corrected chi connectivity index (χ0v) is 12.1. The monoisotopic (exact) mass is 261 g/mol. The molecule has 2 rings (SSSR count). The SMILES string of the molecule is CC1(C)C(CNc2cccc(C(N)=O)c2N)C1(C)C. The summed E-state index contributed by atoms with van der Waals surface area (Å²) in [6, 6.07) is 5.32. The zero-order valence-electron chi connectivity index (χ0n) is 12.1. The van der Waals surface area contributed by atoms with Crippen molar-refractivity contribution in [2.75, 3.05) is 17.6 Å². The van der Waals surface area contributed by atoms with E-state index in [2.05, 4.69) is 33.0 Å². The van der Waals surface area contributed by atoms with Gasteiger partial charge in [0.15, 0.2) is 0 Å². The molecule has 0 radical (unpaired) electrons. The molecule has 1 saturated carbocycles. The Bertz CT molecular complexity index is 506. The molecule has 0 heterocycles. The fourth-order valence-electron chi connectivity index (χ4n) is 2.99. The summed E-state index contributed by atoms with van der Waals surface area (Å²) in [5, 5.41) is 3.35. The quantitative estimate of drug-likeness (QED) is 0.728. The highest BCUT2D eigenvalue weighted by Crippen LogP contribution is 2.68. The van der Waals surface area contributed by atoms with Crippen molar-refractivity contribution in [3.05, 3.63) is 23.8 Å². The number of anilines is 2. The van der Waals surface area contributed by atoms with Crippen molar-refractivity contribution < 1.29 is 4.79 Å². The predicted octanol–water partition coefficient (Wildman–Crippen LogP) is 2.46. The molecule has 1 aromatic rings. The van der Waals surface area contributed by atoms with Gasteiger partial charge in [0.05, 0.1) is 16.9 Å². The molecular formula is C15H23N3O. The number of hydrogen-bond acceptors (Lipinski definition) is 3. The summed E-state index contributed by atoms with van der Waals surface area (Å²) in [5.74, 6) is 0.102. The lowest BCUT2D eigenvalue weighted by Crippen LogP contribution is -2.16. The van der Waals surface area contributed by atoms with E-state index in [4.69, 9.17) is 11.5 Å². The van der Waals surface area contributed by atoms with Crippen LogP contribution >= 0.6 is 0 Å². The number of nitrogen functional groups attached to an aromatic ring is 1.